The zero-order valence-electron chi connectivity index (χ0n) is 7.00. The average Bonchev–Trinajstić information content (AvgIpc) is 2.34. The van der Waals surface area contributed by atoms with E-state index in [1.54, 1.807) is 7.11 Å². The number of hydrogen-bond donors (Lipinski definition) is 0. The van der Waals surface area contributed by atoms with Gasteiger partial charge in [-0.2, -0.15) is 0 Å². The van der Waals surface area contributed by atoms with E-state index in [2.05, 4.69) is 0 Å². The number of esters is 1. The van der Waals surface area contributed by atoms with Crippen molar-refractivity contribution in [2.24, 2.45) is 0 Å². The lowest BCUT2D eigenvalue weighted by molar-refractivity contribution is -0.151. The summed E-state index contributed by atoms with van der Waals surface area (Å²) in [5.74, 6) is -0.209. The first-order valence-electron chi connectivity index (χ1n) is 3.94. The highest BCUT2D eigenvalue weighted by molar-refractivity contribution is 5.66. The second kappa shape index (κ2) is 3.72. The second-order valence-electron chi connectivity index (χ2n) is 2.85. The minimum absolute atomic E-state index is 0.00231. The zero-order chi connectivity index (χ0) is 8.27. The van der Waals surface area contributed by atoms with Gasteiger partial charge < -0.3 is 9.47 Å². The van der Waals surface area contributed by atoms with Crippen molar-refractivity contribution in [2.75, 3.05) is 7.11 Å². The molecule has 64 valence electrons. The van der Waals surface area contributed by atoms with Gasteiger partial charge in [0.05, 0.1) is 6.10 Å². The molecular weight excluding hydrogens is 144 g/mol. The predicted octanol–water partition coefficient (Wildman–Crippen LogP) is 1.12. The van der Waals surface area contributed by atoms with Crippen LogP contribution >= 0.6 is 0 Å². The van der Waals surface area contributed by atoms with E-state index in [4.69, 9.17) is 9.47 Å². The van der Waals surface area contributed by atoms with Gasteiger partial charge in [-0.25, -0.2) is 0 Å². The van der Waals surface area contributed by atoms with Gasteiger partial charge in [0.25, 0.3) is 0 Å². The van der Waals surface area contributed by atoms with Crippen LogP contribution in [0.3, 0.4) is 0 Å². The van der Waals surface area contributed by atoms with Gasteiger partial charge in [0.2, 0.25) is 0 Å². The van der Waals surface area contributed by atoms with Gasteiger partial charge in [-0.05, 0) is 19.3 Å². The monoisotopic (exact) mass is 158 g/mol. The lowest BCUT2D eigenvalue weighted by Crippen LogP contribution is -2.26. The molecule has 0 saturated heterocycles. The highest BCUT2D eigenvalue weighted by atomic mass is 16.6. The molecule has 0 heterocycles. The van der Waals surface area contributed by atoms with E-state index in [1.165, 1.54) is 6.92 Å². The molecule has 0 aromatic rings. The Balaban J connectivity index is 2.37. The van der Waals surface area contributed by atoms with Crippen molar-refractivity contribution >= 4 is 5.97 Å². The van der Waals surface area contributed by atoms with E-state index >= 15 is 0 Å². The molecule has 1 fully saturated rings. The van der Waals surface area contributed by atoms with Crippen LogP contribution in [-0.4, -0.2) is 25.3 Å². The fourth-order valence-corrected chi connectivity index (χ4v) is 1.51. The molecule has 0 bridgehead atoms. The highest BCUT2D eigenvalue weighted by Crippen LogP contribution is 2.24. The Morgan fingerprint density at radius 1 is 1.36 bits per heavy atom. The lowest BCUT2D eigenvalue weighted by Gasteiger charge is -2.17. The molecule has 0 N–H and O–H groups in total. The summed E-state index contributed by atoms with van der Waals surface area (Å²) >= 11 is 0. The third-order valence-corrected chi connectivity index (χ3v) is 2.01. The molecule has 0 amide bonds. The van der Waals surface area contributed by atoms with Crippen molar-refractivity contribution in [1.82, 2.24) is 0 Å². The fourth-order valence-electron chi connectivity index (χ4n) is 1.51. The van der Waals surface area contributed by atoms with E-state index < -0.39 is 0 Å². The third-order valence-electron chi connectivity index (χ3n) is 2.01. The van der Waals surface area contributed by atoms with Crippen molar-refractivity contribution in [3.05, 3.63) is 0 Å². The van der Waals surface area contributed by atoms with Gasteiger partial charge in [0.15, 0.2) is 0 Å². The van der Waals surface area contributed by atoms with E-state index in [9.17, 15) is 4.79 Å². The van der Waals surface area contributed by atoms with E-state index in [0.717, 1.165) is 19.3 Å². The average molecular weight is 158 g/mol. The molecule has 1 saturated carbocycles. The standard InChI is InChI=1S/C8H14O3/c1-6(9)11-8-5-3-4-7(8)10-2/h7-8H,3-5H2,1-2H3/t7-,8+/m1/s1. The van der Waals surface area contributed by atoms with Crippen molar-refractivity contribution < 1.29 is 14.3 Å². The van der Waals surface area contributed by atoms with Crippen molar-refractivity contribution in [2.45, 2.75) is 38.4 Å². The molecule has 1 aliphatic rings. The largest absolute Gasteiger partial charge is 0.460 e. The number of rotatable bonds is 2. The Bertz CT molecular complexity index is 144. The van der Waals surface area contributed by atoms with Gasteiger partial charge >= 0.3 is 5.97 Å². The first-order valence-corrected chi connectivity index (χ1v) is 3.94. The van der Waals surface area contributed by atoms with Gasteiger partial charge in [-0.1, -0.05) is 0 Å². The molecule has 0 aliphatic heterocycles. The Hall–Kier alpha value is -0.570. The van der Waals surface area contributed by atoms with Crippen LogP contribution in [0.4, 0.5) is 0 Å². The predicted molar refractivity (Wildman–Crippen MR) is 40.2 cm³/mol. The third kappa shape index (κ3) is 2.19. The number of hydrogen-bond acceptors (Lipinski definition) is 3. The summed E-state index contributed by atoms with van der Waals surface area (Å²) in [7, 11) is 1.66. The number of ether oxygens (including phenoxy) is 2. The Morgan fingerprint density at radius 2 is 2.00 bits per heavy atom. The highest BCUT2D eigenvalue weighted by Gasteiger charge is 2.29. The van der Waals surface area contributed by atoms with Gasteiger partial charge in [-0.15, -0.1) is 0 Å². The number of carbonyl (C=O) groups excluding carboxylic acids is 1. The molecule has 0 aromatic heterocycles. The maximum Gasteiger partial charge on any atom is 0.302 e. The van der Waals surface area contributed by atoms with E-state index in [1.807, 2.05) is 0 Å². The van der Waals surface area contributed by atoms with Crippen LogP contribution < -0.4 is 0 Å². The maximum atomic E-state index is 10.6. The topological polar surface area (TPSA) is 35.5 Å². The summed E-state index contributed by atoms with van der Waals surface area (Å²) in [6.45, 7) is 1.44. The molecule has 3 heteroatoms. The van der Waals surface area contributed by atoms with E-state index in [0.29, 0.717) is 0 Å². The maximum absolute atomic E-state index is 10.6. The molecule has 0 radical (unpaired) electrons. The Kier molecular flexibility index (Phi) is 2.88. The molecule has 11 heavy (non-hydrogen) atoms. The van der Waals surface area contributed by atoms with Crippen LogP contribution in [0, 0.1) is 0 Å². The van der Waals surface area contributed by atoms with Crippen LogP contribution in [0.15, 0.2) is 0 Å². The molecular formula is C8H14O3. The van der Waals surface area contributed by atoms with E-state index in [-0.39, 0.29) is 18.2 Å². The summed E-state index contributed by atoms with van der Waals surface area (Å²) < 4.78 is 10.2. The van der Waals surface area contributed by atoms with Crippen molar-refractivity contribution in [3.8, 4) is 0 Å². The first-order chi connectivity index (χ1) is 5.24. The Labute approximate surface area is 66.7 Å². The molecule has 0 unspecified atom stereocenters. The van der Waals surface area contributed by atoms with Crippen LogP contribution in [0.5, 0.6) is 0 Å². The van der Waals surface area contributed by atoms with Crippen LogP contribution in [0.25, 0.3) is 0 Å². The summed E-state index contributed by atoms with van der Waals surface area (Å²) in [4.78, 5) is 10.6. The molecule has 2 atom stereocenters. The van der Waals surface area contributed by atoms with Crippen LogP contribution in [0.1, 0.15) is 26.2 Å². The molecule has 3 nitrogen and oxygen atoms in total. The second-order valence-corrected chi connectivity index (χ2v) is 2.85. The normalized spacial score (nSPS) is 30.4. The summed E-state index contributed by atoms with van der Waals surface area (Å²) in [5.41, 5.74) is 0. The van der Waals surface area contributed by atoms with Gasteiger partial charge in [0, 0.05) is 14.0 Å². The van der Waals surface area contributed by atoms with Crippen molar-refractivity contribution in [1.29, 1.82) is 0 Å². The smallest absolute Gasteiger partial charge is 0.302 e. The van der Waals surface area contributed by atoms with Gasteiger partial charge in [0.1, 0.15) is 6.10 Å². The summed E-state index contributed by atoms with van der Waals surface area (Å²) in [6, 6.07) is 0. The summed E-state index contributed by atoms with van der Waals surface area (Å²) in [6.07, 6.45) is 3.17. The molecule has 1 aliphatic carbocycles. The minimum atomic E-state index is -0.209. The Morgan fingerprint density at radius 3 is 2.55 bits per heavy atom. The van der Waals surface area contributed by atoms with Crippen LogP contribution in [0.2, 0.25) is 0 Å². The number of methoxy groups -OCH3 is 1. The first kappa shape index (κ1) is 8.53. The fraction of sp³-hybridized carbons (Fsp3) is 0.875. The van der Waals surface area contributed by atoms with Gasteiger partial charge in [-0.3, -0.25) is 4.79 Å². The quantitative estimate of drug-likeness (QED) is 0.565. The van der Waals surface area contributed by atoms with Crippen molar-refractivity contribution in [3.63, 3.8) is 0 Å². The SMILES string of the molecule is CO[C@@H]1CCC[C@@H]1OC(C)=O. The zero-order valence-corrected chi connectivity index (χ0v) is 7.00. The summed E-state index contributed by atoms with van der Waals surface area (Å²) in [5, 5.41) is 0. The molecule has 0 aromatic carbocycles. The molecule has 0 spiro atoms. The minimum Gasteiger partial charge on any atom is -0.460 e. The number of carbonyl (C=O) groups is 1. The lowest BCUT2D eigenvalue weighted by atomic mass is 10.2. The van der Waals surface area contributed by atoms with Crippen LogP contribution in [-0.2, 0) is 14.3 Å². The molecule has 1 rings (SSSR count).